The first-order valence-electron chi connectivity index (χ1n) is 8.81. The summed E-state index contributed by atoms with van der Waals surface area (Å²) >= 11 is 0. The summed E-state index contributed by atoms with van der Waals surface area (Å²) in [5.74, 6) is 0.805. The molecule has 0 aromatic heterocycles. The van der Waals surface area contributed by atoms with E-state index in [0.29, 0.717) is 13.2 Å². The molecule has 0 bridgehead atoms. The number of benzene rings is 1. The minimum absolute atomic E-state index is 0.337. The molecule has 1 fully saturated rings. The van der Waals surface area contributed by atoms with E-state index in [1.165, 1.54) is 5.56 Å². The van der Waals surface area contributed by atoms with Gasteiger partial charge in [-0.1, -0.05) is 24.8 Å². The van der Waals surface area contributed by atoms with Gasteiger partial charge in [-0.3, -0.25) is 0 Å². The number of ether oxygens (including phenoxy) is 3. The summed E-state index contributed by atoms with van der Waals surface area (Å²) < 4.78 is 16.2. The fourth-order valence-electron chi connectivity index (χ4n) is 2.74. The van der Waals surface area contributed by atoms with Crippen molar-refractivity contribution in [2.75, 3.05) is 19.8 Å². The average molecular weight is 368 g/mol. The van der Waals surface area contributed by atoms with E-state index in [-0.39, 0.29) is 0 Å². The number of hydrogen-bond acceptors (Lipinski definition) is 7. The van der Waals surface area contributed by atoms with Gasteiger partial charge in [0.15, 0.2) is 6.29 Å². The molecule has 2 rings (SSSR count). The van der Waals surface area contributed by atoms with E-state index in [4.69, 9.17) is 19.3 Å². The normalized spacial score (nSPS) is 28.7. The molecule has 0 radical (unpaired) electrons. The monoisotopic (exact) mass is 368 g/mol. The van der Waals surface area contributed by atoms with Crippen LogP contribution in [0.4, 0.5) is 0 Å². The molecule has 1 aliphatic heterocycles. The zero-order chi connectivity index (χ0) is 18.9. The topological polar surface area (TPSA) is 109 Å². The van der Waals surface area contributed by atoms with Crippen LogP contribution in [-0.2, 0) is 15.9 Å². The van der Waals surface area contributed by atoms with Gasteiger partial charge in [-0.15, -0.1) is 0 Å². The zero-order valence-corrected chi connectivity index (χ0v) is 14.7. The number of rotatable bonds is 10. The molecule has 7 nitrogen and oxygen atoms in total. The number of aliphatic hydroxyl groups is 4. The minimum Gasteiger partial charge on any atom is -0.490 e. The largest absolute Gasteiger partial charge is 0.490 e. The van der Waals surface area contributed by atoms with Crippen molar-refractivity contribution < 1.29 is 34.6 Å². The van der Waals surface area contributed by atoms with E-state index in [1.807, 2.05) is 24.3 Å². The first-order valence-corrected chi connectivity index (χ1v) is 8.81. The van der Waals surface area contributed by atoms with Crippen molar-refractivity contribution in [2.24, 2.45) is 0 Å². The molecule has 0 aliphatic carbocycles. The molecule has 5 atom stereocenters. The summed E-state index contributed by atoms with van der Waals surface area (Å²) in [4.78, 5) is 0. The van der Waals surface area contributed by atoms with Gasteiger partial charge in [0.2, 0.25) is 0 Å². The zero-order valence-electron chi connectivity index (χ0n) is 14.7. The summed E-state index contributed by atoms with van der Waals surface area (Å²) in [6.07, 6.45) is -1.94. The Balaban J connectivity index is 1.67. The molecule has 1 aromatic carbocycles. The first-order chi connectivity index (χ1) is 12.6. The summed E-state index contributed by atoms with van der Waals surface area (Å²) in [7, 11) is 0. The molecule has 7 heteroatoms. The van der Waals surface area contributed by atoms with E-state index in [0.717, 1.165) is 25.0 Å². The Morgan fingerprint density at radius 1 is 1.04 bits per heavy atom. The van der Waals surface area contributed by atoms with Crippen LogP contribution in [0.1, 0.15) is 18.4 Å². The Hall–Kier alpha value is -1.48. The fraction of sp³-hybridized carbons (Fsp3) is 0.579. The third-order valence-electron chi connectivity index (χ3n) is 4.28. The van der Waals surface area contributed by atoms with Crippen molar-refractivity contribution >= 4 is 0 Å². The van der Waals surface area contributed by atoms with E-state index in [2.05, 4.69) is 6.58 Å². The Bertz CT molecular complexity index is 531. The van der Waals surface area contributed by atoms with Crippen molar-refractivity contribution in [1.29, 1.82) is 0 Å². The highest BCUT2D eigenvalue weighted by atomic mass is 16.7. The van der Waals surface area contributed by atoms with Crippen molar-refractivity contribution in [3.8, 4) is 5.75 Å². The van der Waals surface area contributed by atoms with Crippen molar-refractivity contribution in [3.05, 3.63) is 42.5 Å². The van der Waals surface area contributed by atoms with Gasteiger partial charge in [-0.2, -0.15) is 0 Å². The van der Waals surface area contributed by atoms with Crippen LogP contribution >= 0.6 is 0 Å². The van der Waals surface area contributed by atoms with Gasteiger partial charge in [-0.25, -0.2) is 0 Å². The number of aryl methyl sites for hydroxylation is 1. The predicted octanol–water partition coefficient (Wildman–Crippen LogP) is 0.391. The molecular weight excluding hydrogens is 340 g/mol. The van der Waals surface area contributed by atoms with Crippen molar-refractivity contribution in [1.82, 2.24) is 0 Å². The SMILES string of the molecule is C=CCOc1ccc(CCCCO[C@@H]2O[C@H](CO)[C@@H](O)[C@H](O)[C@H]2O)cc1. The van der Waals surface area contributed by atoms with Crippen molar-refractivity contribution in [3.63, 3.8) is 0 Å². The van der Waals surface area contributed by atoms with Crippen LogP contribution in [-0.4, -0.2) is 71.0 Å². The number of unbranched alkanes of at least 4 members (excludes halogenated alkanes) is 1. The maximum absolute atomic E-state index is 9.88. The van der Waals surface area contributed by atoms with Gasteiger partial charge in [0.05, 0.1) is 6.61 Å². The molecule has 0 amide bonds. The summed E-state index contributed by atoms with van der Waals surface area (Å²) in [5.41, 5.74) is 1.18. The molecule has 0 saturated carbocycles. The molecule has 0 unspecified atom stereocenters. The lowest BCUT2D eigenvalue weighted by atomic mass is 9.99. The fourth-order valence-corrected chi connectivity index (χ4v) is 2.74. The quantitative estimate of drug-likeness (QED) is 0.349. The van der Waals surface area contributed by atoms with Gasteiger partial charge in [0.1, 0.15) is 36.8 Å². The lowest BCUT2D eigenvalue weighted by Crippen LogP contribution is -2.59. The van der Waals surface area contributed by atoms with Crippen LogP contribution in [0, 0.1) is 0 Å². The second kappa shape index (κ2) is 10.6. The van der Waals surface area contributed by atoms with Gasteiger partial charge in [0, 0.05) is 6.61 Å². The van der Waals surface area contributed by atoms with Gasteiger partial charge in [-0.05, 0) is 37.0 Å². The molecule has 1 heterocycles. The van der Waals surface area contributed by atoms with Crippen LogP contribution < -0.4 is 4.74 Å². The van der Waals surface area contributed by atoms with Gasteiger partial charge < -0.3 is 34.6 Å². The lowest BCUT2D eigenvalue weighted by Gasteiger charge is -2.39. The summed E-state index contributed by atoms with van der Waals surface area (Å²) in [6.45, 7) is 3.96. The van der Waals surface area contributed by atoms with Crippen molar-refractivity contribution in [2.45, 2.75) is 50.0 Å². The molecule has 1 saturated heterocycles. The van der Waals surface area contributed by atoms with Crippen LogP contribution in [0.15, 0.2) is 36.9 Å². The average Bonchev–Trinajstić information content (AvgIpc) is 2.66. The van der Waals surface area contributed by atoms with Gasteiger partial charge in [0.25, 0.3) is 0 Å². The molecule has 0 spiro atoms. The highest BCUT2D eigenvalue weighted by Crippen LogP contribution is 2.22. The third-order valence-corrected chi connectivity index (χ3v) is 4.28. The number of aliphatic hydroxyl groups excluding tert-OH is 4. The Labute approximate surface area is 153 Å². The lowest BCUT2D eigenvalue weighted by molar-refractivity contribution is -0.301. The summed E-state index contributed by atoms with van der Waals surface area (Å²) in [6, 6.07) is 7.86. The first kappa shape index (κ1) is 20.8. The Morgan fingerprint density at radius 2 is 1.77 bits per heavy atom. The second-order valence-corrected chi connectivity index (χ2v) is 6.27. The van der Waals surface area contributed by atoms with Crippen LogP contribution in [0.5, 0.6) is 5.75 Å². The van der Waals surface area contributed by atoms with E-state index >= 15 is 0 Å². The third kappa shape index (κ3) is 5.77. The molecule has 1 aromatic rings. The highest BCUT2D eigenvalue weighted by Gasteiger charge is 2.43. The van der Waals surface area contributed by atoms with Crippen LogP contribution in [0.25, 0.3) is 0 Å². The Morgan fingerprint density at radius 3 is 2.42 bits per heavy atom. The molecule has 146 valence electrons. The van der Waals surface area contributed by atoms with E-state index in [9.17, 15) is 15.3 Å². The smallest absolute Gasteiger partial charge is 0.186 e. The minimum atomic E-state index is -1.41. The highest BCUT2D eigenvalue weighted by molar-refractivity contribution is 5.27. The van der Waals surface area contributed by atoms with Crippen LogP contribution in [0.3, 0.4) is 0 Å². The maximum Gasteiger partial charge on any atom is 0.186 e. The molecular formula is C19H28O7. The summed E-state index contributed by atoms with van der Waals surface area (Å²) in [5, 5.41) is 38.4. The second-order valence-electron chi connectivity index (χ2n) is 6.27. The molecule has 4 N–H and O–H groups in total. The maximum atomic E-state index is 9.88. The number of hydrogen-bond donors (Lipinski definition) is 4. The van der Waals surface area contributed by atoms with E-state index in [1.54, 1.807) is 6.08 Å². The van der Waals surface area contributed by atoms with Gasteiger partial charge >= 0.3 is 0 Å². The van der Waals surface area contributed by atoms with E-state index < -0.39 is 37.3 Å². The Kier molecular flexibility index (Phi) is 8.50. The molecule has 1 aliphatic rings. The predicted molar refractivity (Wildman–Crippen MR) is 94.8 cm³/mol. The van der Waals surface area contributed by atoms with Crippen LogP contribution in [0.2, 0.25) is 0 Å². The molecule has 26 heavy (non-hydrogen) atoms. The standard InChI is InChI=1S/C19H28O7/c1-2-10-24-14-8-6-13(7-9-14)5-3-4-11-25-19-18(23)17(22)16(21)15(12-20)26-19/h2,6-9,15-23H,1,3-5,10-12H2/t15-,16-,17+,18-,19-/m1/s1.